The Morgan fingerprint density at radius 3 is 2.25 bits per heavy atom. The highest BCUT2D eigenvalue weighted by molar-refractivity contribution is 6.02. The number of likely N-dealkylation sites (N-methyl/N-ethyl adjacent to an activating group) is 1. The maximum absolute atomic E-state index is 13.7. The first-order chi connectivity index (χ1) is 20.8. The smallest absolute Gasteiger partial charge is 0.416 e. The Labute approximate surface area is 252 Å². The van der Waals surface area contributed by atoms with E-state index in [1.165, 1.54) is 28.0 Å². The largest absolute Gasteiger partial charge is 0.487 e. The number of nitrogens with one attached hydrogen (secondary N) is 3. The van der Waals surface area contributed by atoms with Gasteiger partial charge < -0.3 is 35.6 Å². The molecular formula is C31H34F3N5O5. The summed E-state index contributed by atoms with van der Waals surface area (Å²) < 4.78 is 44.8. The lowest BCUT2D eigenvalue weighted by atomic mass is 9.99. The number of ether oxygens (including phenoxy) is 1. The van der Waals surface area contributed by atoms with E-state index in [0.717, 1.165) is 24.3 Å². The lowest BCUT2D eigenvalue weighted by molar-refractivity contribution is -0.137. The molecule has 3 unspecified atom stereocenters. The quantitative estimate of drug-likeness (QED) is 0.271. The average Bonchev–Trinajstić information content (AvgIpc) is 2.99. The molecule has 1 aliphatic rings. The molecule has 1 heterocycles. The van der Waals surface area contributed by atoms with Crippen LogP contribution >= 0.6 is 0 Å². The van der Waals surface area contributed by atoms with Crippen LogP contribution in [-0.2, 0) is 6.18 Å². The fraction of sp³-hybridized carbons (Fsp3) is 0.323. The highest BCUT2D eigenvalue weighted by Gasteiger charge is 2.34. The van der Waals surface area contributed by atoms with Crippen molar-refractivity contribution in [2.24, 2.45) is 5.92 Å². The number of hydrogen-bond donors (Lipinski definition) is 4. The van der Waals surface area contributed by atoms with Gasteiger partial charge in [-0.15, -0.1) is 0 Å². The van der Waals surface area contributed by atoms with Crippen molar-refractivity contribution in [1.29, 1.82) is 0 Å². The van der Waals surface area contributed by atoms with E-state index in [1.807, 2.05) is 25.1 Å². The summed E-state index contributed by atoms with van der Waals surface area (Å²) in [5, 5.41) is 17.8. The van der Waals surface area contributed by atoms with E-state index < -0.39 is 35.8 Å². The van der Waals surface area contributed by atoms with Crippen LogP contribution in [0.15, 0.2) is 72.8 Å². The van der Waals surface area contributed by atoms with Gasteiger partial charge in [0.15, 0.2) is 0 Å². The number of urea groups is 2. The van der Waals surface area contributed by atoms with Crippen molar-refractivity contribution < 1.29 is 37.4 Å². The van der Waals surface area contributed by atoms with Gasteiger partial charge in [-0.2, -0.15) is 13.2 Å². The first-order valence-electron chi connectivity index (χ1n) is 13.9. The zero-order valence-electron chi connectivity index (χ0n) is 24.4. The number of carbonyl (C=O) groups excluding carboxylic acids is 3. The maximum atomic E-state index is 13.7. The number of halogens is 3. The third-order valence-electron chi connectivity index (χ3n) is 7.22. The summed E-state index contributed by atoms with van der Waals surface area (Å²) in [5.41, 5.74) is 0.289. The van der Waals surface area contributed by atoms with Crippen molar-refractivity contribution >= 4 is 35.0 Å². The highest BCUT2D eigenvalue weighted by atomic mass is 19.4. The summed E-state index contributed by atoms with van der Waals surface area (Å²) in [6.45, 7) is 3.73. The number of benzene rings is 3. The van der Waals surface area contributed by atoms with Crippen molar-refractivity contribution in [2.45, 2.75) is 32.2 Å². The molecule has 13 heteroatoms. The zero-order chi connectivity index (χ0) is 32.0. The summed E-state index contributed by atoms with van der Waals surface area (Å²) in [5.74, 6) is -0.429. The lowest BCUT2D eigenvalue weighted by Gasteiger charge is -2.38. The molecule has 0 saturated carbocycles. The maximum Gasteiger partial charge on any atom is 0.416 e. The Morgan fingerprint density at radius 2 is 1.61 bits per heavy atom. The summed E-state index contributed by atoms with van der Waals surface area (Å²) in [4.78, 5) is 42.2. The Balaban J connectivity index is 1.53. The molecule has 3 aromatic carbocycles. The van der Waals surface area contributed by atoms with Crippen LogP contribution in [0.2, 0.25) is 0 Å². The normalized spacial score (nSPS) is 17.3. The zero-order valence-corrected chi connectivity index (χ0v) is 24.4. The van der Waals surface area contributed by atoms with Gasteiger partial charge in [0, 0.05) is 36.6 Å². The molecular weight excluding hydrogens is 579 g/mol. The van der Waals surface area contributed by atoms with Crippen LogP contribution in [0.3, 0.4) is 0 Å². The predicted molar refractivity (Wildman–Crippen MR) is 160 cm³/mol. The second-order valence-electron chi connectivity index (χ2n) is 10.7. The second kappa shape index (κ2) is 13.7. The number of nitrogens with zero attached hydrogens (tertiary/aromatic N) is 2. The number of amides is 5. The minimum Gasteiger partial charge on any atom is -0.487 e. The molecule has 0 radical (unpaired) electrons. The molecule has 0 saturated heterocycles. The van der Waals surface area contributed by atoms with Crippen LogP contribution in [0.1, 0.15) is 29.8 Å². The summed E-state index contributed by atoms with van der Waals surface area (Å²) >= 11 is 0. The standard InChI is InChI=1S/C31H34F3N5O5/c1-19-16-39(20(2)18-40)28(41)25-15-24(36-29(42)35-23-11-9-21(10-12-23)31(32,33)34)13-14-26(25)44-27(19)17-38(3)30(43)37-22-7-5-4-6-8-22/h4-15,19-20,27,40H,16-18H2,1-3H3,(H,37,43)(H2,35,36,42). The Morgan fingerprint density at radius 1 is 1.00 bits per heavy atom. The number of fused-ring (bicyclic) bond motifs is 1. The van der Waals surface area contributed by atoms with Gasteiger partial charge in [0.05, 0.1) is 30.3 Å². The first kappa shape index (κ1) is 32.1. The molecule has 0 spiro atoms. The first-order valence-corrected chi connectivity index (χ1v) is 13.9. The Hall–Kier alpha value is -4.78. The molecule has 3 aromatic rings. The molecule has 4 N–H and O–H groups in total. The average molecular weight is 614 g/mol. The van der Waals surface area contributed by atoms with Gasteiger partial charge >= 0.3 is 18.2 Å². The van der Waals surface area contributed by atoms with Crippen LogP contribution in [-0.4, -0.2) is 71.8 Å². The van der Waals surface area contributed by atoms with Gasteiger partial charge in [0.1, 0.15) is 11.9 Å². The minimum atomic E-state index is -4.50. The fourth-order valence-electron chi connectivity index (χ4n) is 4.65. The van der Waals surface area contributed by atoms with Gasteiger partial charge in [-0.05, 0) is 61.5 Å². The summed E-state index contributed by atoms with van der Waals surface area (Å²) in [6.07, 6.45) is -5.04. The third kappa shape index (κ3) is 7.98. The van der Waals surface area contributed by atoms with Gasteiger partial charge in [0.25, 0.3) is 5.91 Å². The van der Waals surface area contributed by atoms with Crippen molar-refractivity contribution in [2.75, 3.05) is 42.7 Å². The molecule has 5 amide bonds. The molecule has 3 atom stereocenters. The van der Waals surface area contributed by atoms with Crippen LogP contribution in [0.25, 0.3) is 0 Å². The molecule has 0 aromatic heterocycles. The Kier molecular flexibility index (Phi) is 9.99. The SMILES string of the molecule is CC1CN(C(C)CO)C(=O)c2cc(NC(=O)Nc3ccc(C(F)(F)F)cc3)ccc2OC1CN(C)C(=O)Nc1ccccc1. The molecule has 234 valence electrons. The molecule has 0 fully saturated rings. The summed E-state index contributed by atoms with van der Waals surface area (Å²) in [6, 6.07) is 15.8. The number of hydrogen-bond acceptors (Lipinski definition) is 5. The summed E-state index contributed by atoms with van der Waals surface area (Å²) in [7, 11) is 1.63. The van der Waals surface area contributed by atoms with Crippen molar-refractivity contribution in [3.63, 3.8) is 0 Å². The van der Waals surface area contributed by atoms with E-state index >= 15 is 0 Å². The number of anilines is 3. The fourth-order valence-corrected chi connectivity index (χ4v) is 4.65. The van der Waals surface area contributed by atoms with E-state index in [9.17, 15) is 32.7 Å². The van der Waals surface area contributed by atoms with E-state index in [0.29, 0.717) is 5.69 Å². The van der Waals surface area contributed by atoms with Crippen molar-refractivity contribution in [1.82, 2.24) is 9.80 Å². The van der Waals surface area contributed by atoms with Crippen LogP contribution in [0, 0.1) is 5.92 Å². The van der Waals surface area contributed by atoms with E-state index in [2.05, 4.69) is 16.0 Å². The number of aliphatic hydroxyl groups excluding tert-OH is 1. The van der Waals surface area contributed by atoms with Gasteiger partial charge in [-0.1, -0.05) is 25.1 Å². The molecule has 4 rings (SSSR count). The number of aliphatic hydroxyl groups is 1. The van der Waals surface area contributed by atoms with Crippen molar-refractivity contribution in [3.05, 3.63) is 83.9 Å². The van der Waals surface area contributed by atoms with Crippen LogP contribution < -0.4 is 20.7 Å². The monoisotopic (exact) mass is 613 g/mol. The topological polar surface area (TPSA) is 123 Å². The predicted octanol–water partition coefficient (Wildman–Crippen LogP) is 5.73. The second-order valence-corrected chi connectivity index (χ2v) is 10.7. The number of para-hydroxylation sites is 1. The molecule has 10 nitrogen and oxygen atoms in total. The Bertz CT molecular complexity index is 1470. The van der Waals surface area contributed by atoms with Gasteiger partial charge in [-0.3, -0.25) is 4.79 Å². The highest BCUT2D eigenvalue weighted by Crippen LogP contribution is 2.32. The van der Waals surface area contributed by atoms with E-state index in [4.69, 9.17) is 4.74 Å². The third-order valence-corrected chi connectivity index (χ3v) is 7.22. The number of alkyl halides is 3. The van der Waals surface area contributed by atoms with Crippen molar-refractivity contribution in [3.8, 4) is 5.75 Å². The minimum absolute atomic E-state index is 0.130. The van der Waals surface area contributed by atoms with Crippen LogP contribution in [0.4, 0.5) is 39.8 Å². The van der Waals surface area contributed by atoms with Gasteiger partial charge in [-0.25, -0.2) is 9.59 Å². The molecule has 0 bridgehead atoms. The number of rotatable bonds is 7. The molecule has 44 heavy (non-hydrogen) atoms. The molecule has 0 aliphatic carbocycles. The van der Waals surface area contributed by atoms with E-state index in [-0.39, 0.29) is 54.3 Å². The lowest BCUT2D eigenvalue weighted by Crippen LogP contribution is -2.50. The van der Waals surface area contributed by atoms with Crippen LogP contribution in [0.5, 0.6) is 5.75 Å². The molecule has 1 aliphatic heterocycles. The van der Waals surface area contributed by atoms with E-state index in [1.54, 1.807) is 26.1 Å². The van der Waals surface area contributed by atoms with Gasteiger partial charge in [0.2, 0.25) is 0 Å². The number of carbonyl (C=O) groups is 3.